The number of nitrogens with one attached hydrogen (secondary N) is 2. The van der Waals surface area contributed by atoms with Gasteiger partial charge < -0.3 is 11.1 Å². The maximum absolute atomic E-state index is 13.1. The molecule has 0 saturated carbocycles. The zero-order valence-electron chi connectivity index (χ0n) is 16.3. The van der Waals surface area contributed by atoms with Crippen molar-refractivity contribution in [1.82, 2.24) is 15.5 Å². The Morgan fingerprint density at radius 1 is 1.03 bits per heavy atom. The highest BCUT2D eigenvalue weighted by atomic mass is 16.2. The van der Waals surface area contributed by atoms with E-state index < -0.39 is 29.7 Å². The van der Waals surface area contributed by atoms with E-state index >= 15 is 0 Å². The molecule has 2 aliphatic rings. The number of piperidine rings is 1. The van der Waals surface area contributed by atoms with Gasteiger partial charge in [-0.1, -0.05) is 42.5 Å². The Labute approximate surface area is 173 Å². The van der Waals surface area contributed by atoms with E-state index in [1.807, 2.05) is 30.3 Å². The van der Waals surface area contributed by atoms with Crippen molar-refractivity contribution in [2.45, 2.75) is 31.5 Å². The van der Waals surface area contributed by atoms with Gasteiger partial charge >= 0.3 is 0 Å². The molecule has 1 fully saturated rings. The number of benzene rings is 2. The lowest BCUT2D eigenvalue weighted by molar-refractivity contribution is -0.136. The highest BCUT2D eigenvalue weighted by Gasteiger charge is 2.45. The van der Waals surface area contributed by atoms with Crippen LogP contribution >= 0.6 is 0 Å². The molecule has 0 aliphatic carbocycles. The van der Waals surface area contributed by atoms with Crippen LogP contribution in [-0.4, -0.2) is 41.1 Å². The fraction of sp³-hybridized carbons (Fsp3) is 0.273. The van der Waals surface area contributed by atoms with Gasteiger partial charge in [-0.3, -0.25) is 29.4 Å². The molecule has 2 heterocycles. The molecule has 2 atom stereocenters. The molecule has 8 nitrogen and oxygen atoms in total. The molecule has 0 bridgehead atoms. The number of carbonyl (C=O) groups excluding carboxylic acids is 4. The van der Waals surface area contributed by atoms with Gasteiger partial charge in [0, 0.05) is 25.6 Å². The number of fused-ring (bicyclic) bond motifs is 1. The molecule has 0 aromatic heterocycles. The van der Waals surface area contributed by atoms with Crippen molar-refractivity contribution in [3.8, 4) is 0 Å². The maximum Gasteiger partial charge on any atom is 0.262 e. The minimum Gasteiger partial charge on any atom is -0.329 e. The van der Waals surface area contributed by atoms with E-state index in [1.165, 1.54) is 0 Å². The number of hydrogen-bond donors (Lipinski definition) is 3. The number of hydrogen-bond acceptors (Lipinski definition) is 6. The van der Waals surface area contributed by atoms with Crippen LogP contribution in [0.15, 0.2) is 48.5 Å². The summed E-state index contributed by atoms with van der Waals surface area (Å²) < 4.78 is 0. The van der Waals surface area contributed by atoms with Crippen LogP contribution in [0, 0.1) is 0 Å². The fourth-order valence-corrected chi connectivity index (χ4v) is 3.99. The summed E-state index contributed by atoms with van der Waals surface area (Å²) in [6, 6.07) is 13.7. The van der Waals surface area contributed by atoms with E-state index in [-0.39, 0.29) is 24.4 Å². The SMILES string of the molecule is NC[C@H](NCc1cccc2c1C(=O)N(C1CCC(=O)NC1=O)C2=O)c1ccccc1. The lowest BCUT2D eigenvalue weighted by Gasteiger charge is -2.27. The molecule has 0 spiro atoms. The van der Waals surface area contributed by atoms with E-state index in [0.29, 0.717) is 24.2 Å². The first-order valence-electron chi connectivity index (χ1n) is 9.83. The monoisotopic (exact) mass is 406 g/mol. The molecule has 30 heavy (non-hydrogen) atoms. The summed E-state index contributed by atoms with van der Waals surface area (Å²) in [6.07, 6.45) is 0.223. The molecule has 2 aromatic carbocycles. The molecule has 4 amide bonds. The van der Waals surface area contributed by atoms with Crippen LogP contribution in [-0.2, 0) is 16.1 Å². The van der Waals surface area contributed by atoms with Crippen LogP contribution in [0.2, 0.25) is 0 Å². The lowest BCUT2D eigenvalue weighted by atomic mass is 10.0. The van der Waals surface area contributed by atoms with Crippen molar-refractivity contribution in [2.75, 3.05) is 6.54 Å². The molecule has 8 heteroatoms. The number of carbonyl (C=O) groups is 4. The predicted octanol–water partition coefficient (Wildman–Crippen LogP) is 0.877. The summed E-state index contributed by atoms with van der Waals surface area (Å²) in [6.45, 7) is 0.705. The number of nitrogens with zero attached hydrogens (tertiary/aromatic N) is 1. The first kappa shape index (κ1) is 19.9. The molecule has 2 aromatic rings. The Kier molecular flexibility index (Phi) is 5.43. The zero-order chi connectivity index (χ0) is 21.3. The number of amides is 4. The maximum atomic E-state index is 13.1. The van der Waals surface area contributed by atoms with Gasteiger partial charge in [-0.15, -0.1) is 0 Å². The fourth-order valence-electron chi connectivity index (χ4n) is 3.99. The molecule has 1 saturated heterocycles. The molecule has 2 aliphatic heterocycles. The Hall–Kier alpha value is -3.36. The Bertz CT molecular complexity index is 1020. The molecular weight excluding hydrogens is 384 g/mol. The van der Waals surface area contributed by atoms with E-state index in [9.17, 15) is 19.2 Å². The molecular formula is C22H22N4O4. The average molecular weight is 406 g/mol. The number of nitrogens with two attached hydrogens (primary N) is 1. The highest BCUT2D eigenvalue weighted by molar-refractivity contribution is 6.24. The van der Waals surface area contributed by atoms with Crippen LogP contribution in [0.1, 0.15) is 50.7 Å². The van der Waals surface area contributed by atoms with Gasteiger partial charge in [-0.25, -0.2) is 0 Å². The summed E-state index contributed by atoms with van der Waals surface area (Å²) in [5.41, 5.74) is 8.17. The number of imide groups is 2. The van der Waals surface area contributed by atoms with Gasteiger partial charge in [-0.2, -0.15) is 0 Å². The van der Waals surface area contributed by atoms with Crippen molar-refractivity contribution in [3.05, 3.63) is 70.8 Å². The summed E-state index contributed by atoms with van der Waals surface area (Å²) in [5, 5.41) is 5.55. The minimum absolute atomic E-state index is 0.0908. The van der Waals surface area contributed by atoms with E-state index in [1.54, 1.807) is 18.2 Å². The average Bonchev–Trinajstić information content (AvgIpc) is 3.00. The Balaban J connectivity index is 1.57. The summed E-state index contributed by atoms with van der Waals surface area (Å²) >= 11 is 0. The second kappa shape index (κ2) is 8.17. The minimum atomic E-state index is -0.975. The largest absolute Gasteiger partial charge is 0.329 e. The molecule has 154 valence electrons. The first-order chi connectivity index (χ1) is 14.5. The van der Waals surface area contributed by atoms with Crippen LogP contribution in [0.5, 0.6) is 0 Å². The van der Waals surface area contributed by atoms with Crippen molar-refractivity contribution in [3.63, 3.8) is 0 Å². The summed E-state index contributed by atoms with van der Waals surface area (Å²) in [7, 11) is 0. The van der Waals surface area contributed by atoms with Gasteiger partial charge in [0.25, 0.3) is 11.8 Å². The highest BCUT2D eigenvalue weighted by Crippen LogP contribution is 2.30. The standard InChI is InChI=1S/C22H22N4O4/c23-11-16(13-5-2-1-3-6-13)24-12-14-7-4-8-15-19(14)22(30)26(21(15)29)17-9-10-18(27)25-20(17)28/h1-8,16-17,24H,9-12,23H2,(H,25,27,28)/t16-,17?/m0/s1. The van der Waals surface area contributed by atoms with Crippen molar-refractivity contribution in [1.29, 1.82) is 0 Å². The molecule has 4 rings (SSSR count). The smallest absolute Gasteiger partial charge is 0.262 e. The van der Waals surface area contributed by atoms with Crippen LogP contribution in [0.3, 0.4) is 0 Å². The Morgan fingerprint density at radius 3 is 2.50 bits per heavy atom. The number of rotatable bonds is 6. The third-order valence-corrected chi connectivity index (χ3v) is 5.53. The van der Waals surface area contributed by atoms with E-state index in [2.05, 4.69) is 10.6 Å². The van der Waals surface area contributed by atoms with Crippen LogP contribution in [0.25, 0.3) is 0 Å². The normalized spacial score (nSPS) is 19.6. The van der Waals surface area contributed by atoms with Crippen molar-refractivity contribution < 1.29 is 19.2 Å². The quantitative estimate of drug-likeness (QED) is 0.612. The van der Waals surface area contributed by atoms with Crippen molar-refractivity contribution in [2.24, 2.45) is 5.73 Å². The summed E-state index contributed by atoms with van der Waals surface area (Å²) in [5.74, 6) is -2.03. The van der Waals surface area contributed by atoms with Gasteiger partial charge in [-0.05, 0) is 23.6 Å². The van der Waals surface area contributed by atoms with Crippen LogP contribution < -0.4 is 16.4 Å². The zero-order valence-corrected chi connectivity index (χ0v) is 16.3. The predicted molar refractivity (Wildman–Crippen MR) is 108 cm³/mol. The van der Waals surface area contributed by atoms with Gasteiger partial charge in [0.15, 0.2) is 0 Å². The van der Waals surface area contributed by atoms with E-state index in [0.717, 1.165) is 10.5 Å². The second-order valence-electron chi connectivity index (χ2n) is 7.37. The summed E-state index contributed by atoms with van der Waals surface area (Å²) in [4.78, 5) is 50.7. The topological polar surface area (TPSA) is 122 Å². The first-order valence-corrected chi connectivity index (χ1v) is 9.83. The van der Waals surface area contributed by atoms with Gasteiger partial charge in [0.2, 0.25) is 11.8 Å². The van der Waals surface area contributed by atoms with Gasteiger partial charge in [0.1, 0.15) is 6.04 Å². The molecule has 0 radical (unpaired) electrons. The van der Waals surface area contributed by atoms with Crippen LogP contribution in [0.4, 0.5) is 0 Å². The van der Waals surface area contributed by atoms with E-state index in [4.69, 9.17) is 5.73 Å². The lowest BCUT2D eigenvalue weighted by Crippen LogP contribution is -2.54. The second-order valence-corrected chi connectivity index (χ2v) is 7.37. The van der Waals surface area contributed by atoms with Crippen molar-refractivity contribution >= 4 is 23.6 Å². The van der Waals surface area contributed by atoms with Gasteiger partial charge in [0.05, 0.1) is 11.1 Å². The molecule has 1 unspecified atom stereocenters. The third kappa shape index (κ3) is 3.51. The third-order valence-electron chi connectivity index (χ3n) is 5.53. The Morgan fingerprint density at radius 2 is 1.80 bits per heavy atom. The molecule has 4 N–H and O–H groups in total.